The number of ether oxygens (including phenoxy) is 2. The van der Waals surface area contributed by atoms with Crippen molar-refractivity contribution >= 4 is 11.4 Å². The van der Waals surface area contributed by atoms with E-state index in [9.17, 15) is 0 Å². The number of benzene rings is 2. The van der Waals surface area contributed by atoms with Gasteiger partial charge in [0.1, 0.15) is 5.82 Å². The molecule has 0 radical (unpaired) electrons. The molecule has 120 valence electrons. The molecule has 2 aliphatic heterocycles. The molecule has 0 fully saturated rings. The average Bonchev–Trinajstić information content (AvgIpc) is 3.24. The molecule has 4 rings (SSSR count). The Morgan fingerprint density at radius 3 is 1.52 bits per heavy atom. The van der Waals surface area contributed by atoms with E-state index in [1.54, 1.807) is 0 Å². The number of hydrogen-bond donors (Lipinski definition) is 2. The van der Waals surface area contributed by atoms with E-state index in [2.05, 4.69) is 43.5 Å². The topological polar surface area (TPSA) is 42.5 Å². The molecule has 2 N–H and O–H groups in total. The van der Waals surface area contributed by atoms with E-state index in [0.29, 0.717) is 6.79 Å². The van der Waals surface area contributed by atoms with E-state index < -0.39 is 0 Å². The van der Waals surface area contributed by atoms with Gasteiger partial charge in [-0.05, 0) is 24.3 Å². The van der Waals surface area contributed by atoms with Crippen LogP contribution < -0.4 is 20.1 Å². The minimum atomic E-state index is 0.360. The maximum absolute atomic E-state index is 5.08. The van der Waals surface area contributed by atoms with Gasteiger partial charge in [0.15, 0.2) is 11.5 Å². The highest BCUT2D eigenvalue weighted by Gasteiger charge is 2.10. The van der Waals surface area contributed by atoms with Crippen molar-refractivity contribution in [1.82, 2.24) is 0 Å². The van der Waals surface area contributed by atoms with Gasteiger partial charge in [-0.15, -0.1) is 26.3 Å². The van der Waals surface area contributed by atoms with E-state index in [-0.39, 0.29) is 0 Å². The molecule has 2 heterocycles. The Labute approximate surface area is 137 Å². The molecule has 0 saturated heterocycles. The van der Waals surface area contributed by atoms with Crippen LogP contribution in [-0.4, -0.2) is 6.79 Å². The van der Waals surface area contributed by atoms with Crippen LogP contribution in [0.25, 0.3) is 0 Å². The molecule has 0 unspecified atom stereocenters. The third-order valence-electron chi connectivity index (χ3n) is 2.78. The maximum Gasteiger partial charge on any atom is 0.231 e. The molecule has 2 aromatic carbocycles. The zero-order valence-corrected chi connectivity index (χ0v) is 13.2. The second-order valence-electron chi connectivity index (χ2n) is 4.13. The standard InChI is InChI=1S/C8H8N2.C7H6O2.2C2H4/c1-6-9-7-4-2-3-5-8(7)10-6;1-2-4-7-6(3-1)8-5-9-7;2*1-2/h2-5,9-10H,1H2;1-4H,5H2;2*1-2H2. The van der Waals surface area contributed by atoms with Gasteiger partial charge < -0.3 is 20.1 Å². The molecule has 2 aliphatic rings. The maximum atomic E-state index is 5.08. The number of hydrogen-bond acceptors (Lipinski definition) is 4. The van der Waals surface area contributed by atoms with Crippen molar-refractivity contribution in [2.45, 2.75) is 0 Å². The first-order chi connectivity index (χ1) is 11.3. The van der Waals surface area contributed by atoms with Crippen molar-refractivity contribution in [2.75, 3.05) is 17.4 Å². The smallest absolute Gasteiger partial charge is 0.231 e. The molecule has 0 amide bonds. The Bertz CT molecular complexity index is 589. The molecule has 0 spiro atoms. The summed E-state index contributed by atoms with van der Waals surface area (Å²) in [6.07, 6.45) is 0. The second kappa shape index (κ2) is 9.73. The zero-order valence-electron chi connectivity index (χ0n) is 13.2. The predicted octanol–water partition coefficient (Wildman–Crippen LogP) is 5.01. The summed E-state index contributed by atoms with van der Waals surface area (Å²) in [4.78, 5) is 0. The Balaban J connectivity index is 0.000000190. The molecule has 2 aromatic rings. The first-order valence-electron chi connectivity index (χ1n) is 6.99. The van der Waals surface area contributed by atoms with Crippen LogP contribution in [0.1, 0.15) is 0 Å². The fourth-order valence-corrected chi connectivity index (χ4v) is 1.90. The van der Waals surface area contributed by atoms with E-state index in [4.69, 9.17) is 9.47 Å². The highest BCUT2D eigenvalue weighted by atomic mass is 16.7. The normalized spacial score (nSPS) is 11.7. The number of fused-ring (bicyclic) bond motifs is 2. The van der Waals surface area contributed by atoms with Crippen molar-refractivity contribution in [3.8, 4) is 11.5 Å². The quantitative estimate of drug-likeness (QED) is 0.671. The number of nitrogens with one attached hydrogen (secondary N) is 2. The van der Waals surface area contributed by atoms with Gasteiger partial charge >= 0.3 is 0 Å². The van der Waals surface area contributed by atoms with Crippen molar-refractivity contribution in [1.29, 1.82) is 0 Å². The van der Waals surface area contributed by atoms with Crippen LogP contribution in [0.15, 0.2) is 87.2 Å². The fourth-order valence-electron chi connectivity index (χ4n) is 1.90. The van der Waals surface area contributed by atoms with Crippen LogP contribution in [0.2, 0.25) is 0 Å². The number of anilines is 2. The third kappa shape index (κ3) is 4.97. The van der Waals surface area contributed by atoms with Crippen molar-refractivity contribution in [2.24, 2.45) is 0 Å². The Kier molecular flexibility index (Phi) is 7.58. The van der Waals surface area contributed by atoms with Gasteiger partial charge in [-0.3, -0.25) is 0 Å². The van der Waals surface area contributed by atoms with Crippen LogP contribution in [0.5, 0.6) is 11.5 Å². The Hall–Kier alpha value is -3.14. The SMILES string of the molecule is C=C.C=C.C=C1Nc2ccccc2N1.c1ccc2c(c1)OCO2. The van der Waals surface area contributed by atoms with E-state index in [0.717, 1.165) is 28.7 Å². The molecule has 0 atom stereocenters. The monoisotopic (exact) mass is 310 g/mol. The summed E-state index contributed by atoms with van der Waals surface area (Å²) in [5.41, 5.74) is 2.21. The summed E-state index contributed by atoms with van der Waals surface area (Å²) < 4.78 is 10.2. The van der Waals surface area contributed by atoms with E-state index in [1.807, 2.05) is 48.5 Å². The van der Waals surface area contributed by atoms with Crippen molar-refractivity contribution in [3.05, 3.63) is 87.2 Å². The first kappa shape index (κ1) is 17.9. The Morgan fingerprint density at radius 2 is 1.09 bits per heavy atom. The number of rotatable bonds is 0. The largest absolute Gasteiger partial charge is 0.454 e. The minimum Gasteiger partial charge on any atom is -0.454 e. The lowest BCUT2D eigenvalue weighted by molar-refractivity contribution is 0.174. The fraction of sp³-hybridized carbons (Fsp3) is 0.0526. The predicted molar refractivity (Wildman–Crippen MR) is 97.9 cm³/mol. The van der Waals surface area contributed by atoms with Crippen LogP contribution in [0.3, 0.4) is 0 Å². The molecule has 0 saturated carbocycles. The third-order valence-corrected chi connectivity index (χ3v) is 2.78. The van der Waals surface area contributed by atoms with Gasteiger partial charge in [-0.25, -0.2) is 0 Å². The molecular formula is C19H22N2O2. The van der Waals surface area contributed by atoms with E-state index >= 15 is 0 Å². The average molecular weight is 310 g/mol. The first-order valence-corrected chi connectivity index (χ1v) is 6.99. The molecule has 23 heavy (non-hydrogen) atoms. The van der Waals surface area contributed by atoms with Gasteiger partial charge in [-0.1, -0.05) is 30.8 Å². The van der Waals surface area contributed by atoms with Crippen LogP contribution in [-0.2, 0) is 0 Å². The van der Waals surface area contributed by atoms with Gasteiger partial charge in [0, 0.05) is 0 Å². The lowest BCUT2D eigenvalue weighted by Gasteiger charge is -1.92. The molecule has 0 bridgehead atoms. The lowest BCUT2D eigenvalue weighted by atomic mass is 10.3. The number of para-hydroxylation sites is 4. The summed E-state index contributed by atoms with van der Waals surface area (Å²) in [5, 5.41) is 6.18. The molecule has 4 nitrogen and oxygen atoms in total. The second-order valence-corrected chi connectivity index (χ2v) is 4.13. The van der Waals surface area contributed by atoms with Gasteiger partial charge in [0.05, 0.1) is 11.4 Å². The molecular weight excluding hydrogens is 288 g/mol. The van der Waals surface area contributed by atoms with Crippen molar-refractivity contribution < 1.29 is 9.47 Å². The van der Waals surface area contributed by atoms with Gasteiger partial charge in [0.2, 0.25) is 6.79 Å². The van der Waals surface area contributed by atoms with Crippen LogP contribution in [0, 0.1) is 0 Å². The van der Waals surface area contributed by atoms with Crippen molar-refractivity contribution in [3.63, 3.8) is 0 Å². The summed E-state index contributed by atoms with van der Waals surface area (Å²) in [7, 11) is 0. The highest BCUT2D eigenvalue weighted by Crippen LogP contribution is 2.30. The van der Waals surface area contributed by atoms with Gasteiger partial charge in [-0.2, -0.15) is 0 Å². The summed E-state index contributed by atoms with van der Waals surface area (Å²) in [6.45, 7) is 16.1. The Morgan fingerprint density at radius 1 is 0.696 bits per heavy atom. The van der Waals surface area contributed by atoms with E-state index in [1.165, 1.54) is 0 Å². The van der Waals surface area contributed by atoms with Crippen LogP contribution in [0.4, 0.5) is 11.4 Å². The lowest BCUT2D eigenvalue weighted by Crippen LogP contribution is -1.94. The van der Waals surface area contributed by atoms with Gasteiger partial charge in [0.25, 0.3) is 0 Å². The summed E-state index contributed by atoms with van der Waals surface area (Å²) in [5.74, 6) is 2.54. The summed E-state index contributed by atoms with van der Waals surface area (Å²) >= 11 is 0. The molecule has 4 heteroatoms. The minimum absolute atomic E-state index is 0.360. The highest BCUT2D eigenvalue weighted by molar-refractivity contribution is 5.78. The molecule has 0 aromatic heterocycles. The van der Waals surface area contributed by atoms with Crippen LogP contribution >= 0.6 is 0 Å². The summed E-state index contributed by atoms with van der Waals surface area (Å²) in [6, 6.07) is 15.6. The molecule has 0 aliphatic carbocycles. The zero-order chi connectivity index (χ0) is 17.1.